The number of aliphatic carboxylic acids is 1. The predicted octanol–water partition coefficient (Wildman–Crippen LogP) is 2.13. The van der Waals surface area contributed by atoms with Gasteiger partial charge in [-0.3, -0.25) is 4.79 Å². The van der Waals surface area contributed by atoms with Crippen LogP contribution in [-0.2, 0) is 11.2 Å². The van der Waals surface area contributed by atoms with Crippen molar-refractivity contribution in [2.75, 3.05) is 13.6 Å². The zero-order valence-corrected chi connectivity index (χ0v) is 13.0. The molecule has 0 aliphatic heterocycles. The van der Waals surface area contributed by atoms with Crippen LogP contribution in [0.1, 0.15) is 25.3 Å². The van der Waals surface area contributed by atoms with Crippen LogP contribution < -0.4 is 5.32 Å². The molecule has 22 heavy (non-hydrogen) atoms. The summed E-state index contributed by atoms with van der Waals surface area (Å²) in [5.41, 5.74) is 1.06. The van der Waals surface area contributed by atoms with Crippen LogP contribution in [0, 0.1) is 11.8 Å². The van der Waals surface area contributed by atoms with Gasteiger partial charge in [-0.05, 0) is 25.3 Å². The largest absolute Gasteiger partial charge is 0.481 e. The fraction of sp³-hybridized carbons (Fsp3) is 0.412. The first kappa shape index (κ1) is 17.6. The van der Waals surface area contributed by atoms with Gasteiger partial charge in [0.1, 0.15) is 0 Å². The quantitative estimate of drug-likeness (QED) is 0.758. The number of carbonyl (C=O) groups excluding carboxylic acids is 1. The lowest BCUT2D eigenvalue weighted by Crippen LogP contribution is -2.44. The first-order chi connectivity index (χ1) is 10.5. The molecule has 0 fully saturated rings. The summed E-state index contributed by atoms with van der Waals surface area (Å²) in [7, 11) is 1.66. The minimum Gasteiger partial charge on any atom is -0.481 e. The minimum atomic E-state index is -0.863. The monoisotopic (exact) mass is 302 g/mol. The Bertz CT molecular complexity index is 546. The van der Waals surface area contributed by atoms with Crippen LogP contribution in [-0.4, -0.2) is 41.6 Å². The molecule has 0 saturated carbocycles. The van der Waals surface area contributed by atoms with E-state index >= 15 is 0 Å². The van der Waals surface area contributed by atoms with E-state index < -0.39 is 5.97 Å². The van der Waals surface area contributed by atoms with Crippen molar-refractivity contribution in [1.82, 2.24) is 10.2 Å². The van der Waals surface area contributed by atoms with E-state index in [-0.39, 0.29) is 18.5 Å². The summed E-state index contributed by atoms with van der Waals surface area (Å²) in [6.45, 7) is 2.07. The Balaban J connectivity index is 2.65. The molecule has 0 bridgehead atoms. The normalized spacial score (nSPS) is 11.0. The van der Waals surface area contributed by atoms with Crippen LogP contribution in [0.2, 0.25) is 0 Å². The molecular formula is C17H22N2O3. The average molecular weight is 302 g/mol. The van der Waals surface area contributed by atoms with Gasteiger partial charge in [0.05, 0.1) is 6.54 Å². The third-order valence-corrected chi connectivity index (χ3v) is 3.20. The van der Waals surface area contributed by atoms with Crippen LogP contribution in [0.25, 0.3) is 0 Å². The lowest BCUT2D eigenvalue weighted by Gasteiger charge is -2.22. The van der Waals surface area contributed by atoms with E-state index in [0.29, 0.717) is 19.4 Å². The van der Waals surface area contributed by atoms with Crippen LogP contribution in [0.15, 0.2) is 30.3 Å². The molecule has 2 amide bonds. The van der Waals surface area contributed by atoms with Gasteiger partial charge in [-0.25, -0.2) is 4.79 Å². The average Bonchev–Trinajstić information content (AvgIpc) is 2.51. The maximum absolute atomic E-state index is 12.1. The van der Waals surface area contributed by atoms with Crippen molar-refractivity contribution in [3.63, 3.8) is 0 Å². The van der Waals surface area contributed by atoms with Crippen molar-refractivity contribution in [3.8, 4) is 11.8 Å². The summed E-state index contributed by atoms with van der Waals surface area (Å²) in [6, 6.07) is 9.24. The molecule has 0 aliphatic carbocycles. The Labute approximate surface area is 131 Å². The van der Waals surface area contributed by atoms with E-state index in [0.717, 1.165) is 5.56 Å². The number of carbonyl (C=O) groups is 2. The van der Waals surface area contributed by atoms with Gasteiger partial charge in [-0.1, -0.05) is 36.3 Å². The molecule has 5 nitrogen and oxygen atoms in total. The lowest BCUT2D eigenvalue weighted by molar-refractivity contribution is -0.137. The van der Waals surface area contributed by atoms with Crippen molar-refractivity contribution < 1.29 is 14.7 Å². The first-order valence-corrected chi connectivity index (χ1v) is 7.20. The Morgan fingerprint density at radius 1 is 1.32 bits per heavy atom. The highest BCUT2D eigenvalue weighted by Gasteiger charge is 2.16. The second-order valence-electron chi connectivity index (χ2n) is 5.05. The van der Waals surface area contributed by atoms with E-state index in [2.05, 4.69) is 17.2 Å². The van der Waals surface area contributed by atoms with Gasteiger partial charge in [-0.15, -0.1) is 5.92 Å². The predicted molar refractivity (Wildman–Crippen MR) is 85.4 cm³/mol. The highest BCUT2D eigenvalue weighted by molar-refractivity contribution is 5.74. The number of hydrogen-bond acceptors (Lipinski definition) is 2. The van der Waals surface area contributed by atoms with Gasteiger partial charge in [-0.2, -0.15) is 0 Å². The Hall–Kier alpha value is -2.48. The standard InChI is InChI=1S/C17H22N2O3/c1-3-4-12-19(2)17(22)18-15(10-11-16(20)21)13-14-8-6-5-7-9-14/h5-9,15H,10-13H2,1-2H3,(H,18,22)(H,20,21). The molecule has 1 aromatic carbocycles. The fourth-order valence-electron chi connectivity index (χ4n) is 1.98. The van der Waals surface area contributed by atoms with Gasteiger partial charge in [0.25, 0.3) is 0 Å². The molecule has 0 spiro atoms. The summed E-state index contributed by atoms with van der Waals surface area (Å²) in [4.78, 5) is 24.4. The number of nitrogens with zero attached hydrogens (tertiary/aromatic N) is 1. The van der Waals surface area contributed by atoms with Crippen molar-refractivity contribution in [2.45, 2.75) is 32.2 Å². The van der Waals surface area contributed by atoms with E-state index in [1.54, 1.807) is 14.0 Å². The third kappa shape index (κ3) is 6.80. The minimum absolute atomic E-state index is 0.0241. The molecule has 2 N–H and O–H groups in total. The molecule has 0 heterocycles. The maximum Gasteiger partial charge on any atom is 0.318 e. The summed E-state index contributed by atoms with van der Waals surface area (Å²) in [5, 5.41) is 11.7. The Kier molecular flexibility index (Phi) is 7.55. The number of carboxylic acid groups (broad SMARTS) is 1. The molecule has 118 valence electrons. The van der Waals surface area contributed by atoms with E-state index in [4.69, 9.17) is 5.11 Å². The van der Waals surface area contributed by atoms with E-state index in [1.807, 2.05) is 30.3 Å². The zero-order valence-electron chi connectivity index (χ0n) is 13.0. The van der Waals surface area contributed by atoms with Gasteiger partial charge in [0, 0.05) is 19.5 Å². The number of carboxylic acids is 1. The number of hydrogen-bond donors (Lipinski definition) is 2. The zero-order chi connectivity index (χ0) is 16.4. The van der Waals surface area contributed by atoms with E-state index in [1.165, 1.54) is 4.90 Å². The SMILES string of the molecule is CC#CCN(C)C(=O)NC(CCC(=O)O)Cc1ccccc1. The van der Waals surface area contributed by atoms with Crippen LogP contribution in [0.4, 0.5) is 4.79 Å². The summed E-state index contributed by atoms with van der Waals surface area (Å²) < 4.78 is 0. The Morgan fingerprint density at radius 2 is 2.00 bits per heavy atom. The van der Waals surface area contributed by atoms with Crippen molar-refractivity contribution in [3.05, 3.63) is 35.9 Å². The number of benzene rings is 1. The summed E-state index contributed by atoms with van der Waals surface area (Å²) >= 11 is 0. The topological polar surface area (TPSA) is 69.6 Å². The van der Waals surface area contributed by atoms with Crippen LogP contribution >= 0.6 is 0 Å². The molecular weight excluding hydrogens is 280 g/mol. The van der Waals surface area contributed by atoms with Crippen molar-refractivity contribution in [2.24, 2.45) is 0 Å². The molecule has 1 atom stereocenters. The summed E-state index contributed by atoms with van der Waals surface area (Å²) in [6.07, 6.45) is 1.02. The van der Waals surface area contributed by atoms with Gasteiger partial charge in [0.2, 0.25) is 0 Å². The van der Waals surface area contributed by atoms with Gasteiger partial charge < -0.3 is 15.3 Å². The smallest absolute Gasteiger partial charge is 0.318 e. The van der Waals surface area contributed by atoms with Crippen molar-refractivity contribution in [1.29, 1.82) is 0 Å². The molecule has 1 rings (SSSR count). The highest BCUT2D eigenvalue weighted by atomic mass is 16.4. The second kappa shape index (κ2) is 9.46. The molecule has 1 aromatic rings. The summed E-state index contributed by atoms with van der Waals surface area (Å²) in [5.74, 6) is 4.70. The van der Waals surface area contributed by atoms with Gasteiger partial charge in [0.15, 0.2) is 0 Å². The number of rotatable bonds is 7. The lowest BCUT2D eigenvalue weighted by atomic mass is 10.0. The molecule has 0 aromatic heterocycles. The highest BCUT2D eigenvalue weighted by Crippen LogP contribution is 2.08. The van der Waals surface area contributed by atoms with Crippen LogP contribution in [0.5, 0.6) is 0 Å². The van der Waals surface area contributed by atoms with E-state index in [9.17, 15) is 9.59 Å². The maximum atomic E-state index is 12.1. The van der Waals surface area contributed by atoms with Crippen LogP contribution in [0.3, 0.4) is 0 Å². The molecule has 0 saturated heterocycles. The third-order valence-electron chi connectivity index (χ3n) is 3.20. The number of nitrogens with one attached hydrogen (secondary N) is 1. The molecule has 0 radical (unpaired) electrons. The molecule has 0 aliphatic rings. The molecule has 5 heteroatoms. The fourth-order valence-corrected chi connectivity index (χ4v) is 1.98. The first-order valence-electron chi connectivity index (χ1n) is 7.20. The van der Waals surface area contributed by atoms with Gasteiger partial charge >= 0.3 is 12.0 Å². The number of urea groups is 1. The molecule has 1 unspecified atom stereocenters. The second-order valence-corrected chi connectivity index (χ2v) is 5.05. The number of amides is 2. The van der Waals surface area contributed by atoms with Crippen molar-refractivity contribution >= 4 is 12.0 Å². The Morgan fingerprint density at radius 3 is 2.59 bits per heavy atom.